The van der Waals surface area contributed by atoms with Crippen molar-refractivity contribution >= 4 is 5.91 Å². The lowest BCUT2D eigenvalue weighted by molar-refractivity contribution is -0.187. The Morgan fingerprint density at radius 1 is 1.33 bits per heavy atom. The number of nitrogens with zero attached hydrogens (tertiary/aromatic N) is 2. The minimum atomic E-state index is -4.20. The van der Waals surface area contributed by atoms with Gasteiger partial charge in [0, 0.05) is 6.54 Å². The predicted molar refractivity (Wildman–Crippen MR) is 70.1 cm³/mol. The number of likely N-dealkylation sites (tertiary alicyclic amines) is 1. The molecule has 2 atom stereocenters. The molecule has 1 saturated heterocycles. The van der Waals surface area contributed by atoms with Crippen LogP contribution in [0.3, 0.4) is 0 Å². The summed E-state index contributed by atoms with van der Waals surface area (Å²) in [6.45, 7) is 1.96. The van der Waals surface area contributed by atoms with Crippen LogP contribution in [0.15, 0.2) is 0 Å². The highest BCUT2D eigenvalue weighted by atomic mass is 19.4. The van der Waals surface area contributed by atoms with E-state index in [-0.39, 0.29) is 31.3 Å². The van der Waals surface area contributed by atoms with Crippen molar-refractivity contribution in [3.8, 4) is 6.07 Å². The first-order valence-electron chi connectivity index (χ1n) is 7.26. The topological polar surface area (TPSA) is 56.1 Å². The zero-order valence-corrected chi connectivity index (χ0v) is 12.0. The lowest BCUT2D eigenvalue weighted by Crippen LogP contribution is -2.52. The van der Waals surface area contributed by atoms with Crippen LogP contribution >= 0.6 is 0 Å². The zero-order valence-electron chi connectivity index (χ0n) is 12.0. The second kappa shape index (κ2) is 5.84. The first-order chi connectivity index (χ1) is 9.74. The van der Waals surface area contributed by atoms with E-state index < -0.39 is 17.6 Å². The molecule has 1 amide bonds. The molecule has 0 unspecified atom stereocenters. The molecule has 0 aromatic rings. The molecule has 2 aliphatic rings. The zero-order chi connectivity index (χ0) is 15.7. The number of nitrogens with one attached hydrogen (secondary N) is 1. The molecule has 2 fully saturated rings. The van der Waals surface area contributed by atoms with Crippen molar-refractivity contribution in [3.63, 3.8) is 0 Å². The van der Waals surface area contributed by atoms with E-state index in [0.717, 1.165) is 12.8 Å². The van der Waals surface area contributed by atoms with E-state index in [1.807, 2.05) is 0 Å². The second-order valence-electron chi connectivity index (χ2n) is 6.25. The second-order valence-corrected chi connectivity index (χ2v) is 6.25. The summed E-state index contributed by atoms with van der Waals surface area (Å²) < 4.78 is 38.2. The molecule has 1 N–H and O–H groups in total. The van der Waals surface area contributed by atoms with E-state index >= 15 is 0 Å². The van der Waals surface area contributed by atoms with E-state index in [0.29, 0.717) is 13.0 Å². The van der Waals surface area contributed by atoms with Crippen molar-refractivity contribution in [2.75, 3.05) is 19.6 Å². The normalized spacial score (nSPS) is 26.7. The molecule has 0 aromatic carbocycles. The van der Waals surface area contributed by atoms with Gasteiger partial charge >= 0.3 is 6.18 Å². The highest BCUT2D eigenvalue weighted by Crippen LogP contribution is 2.39. The molecule has 0 spiro atoms. The largest absolute Gasteiger partial charge is 0.393 e. The predicted octanol–water partition coefficient (Wildman–Crippen LogP) is 2.07. The van der Waals surface area contributed by atoms with Crippen LogP contribution in [0.5, 0.6) is 0 Å². The highest BCUT2D eigenvalue weighted by molar-refractivity contribution is 5.79. The van der Waals surface area contributed by atoms with Gasteiger partial charge in [0.05, 0.1) is 18.5 Å². The first kappa shape index (κ1) is 16.1. The van der Waals surface area contributed by atoms with Crippen molar-refractivity contribution in [2.24, 2.45) is 11.8 Å². The van der Waals surface area contributed by atoms with Crippen LogP contribution in [0.25, 0.3) is 0 Å². The Kier molecular flexibility index (Phi) is 4.47. The molecule has 4 nitrogen and oxygen atoms in total. The summed E-state index contributed by atoms with van der Waals surface area (Å²) in [5, 5.41) is 11.9. The van der Waals surface area contributed by atoms with Gasteiger partial charge in [0.2, 0.25) is 5.91 Å². The van der Waals surface area contributed by atoms with E-state index in [4.69, 9.17) is 0 Å². The molecule has 7 heteroatoms. The minimum Gasteiger partial charge on any atom is -0.337 e. The van der Waals surface area contributed by atoms with Crippen molar-refractivity contribution in [2.45, 2.75) is 44.3 Å². The molecule has 1 heterocycles. The van der Waals surface area contributed by atoms with Gasteiger partial charge in [-0.1, -0.05) is 0 Å². The maximum absolute atomic E-state index is 12.7. The van der Waals surface area contributed by atoms with Gasteiger partial charge in [-0.25, -0.2) is 0 Å². The van der Waals surface area contributed by atoms with Gasteiger partial charge in [-0.15, -0.1) is 0 Å². The van der Waals surface area contributed by atoms with Crippen LogP contribution in [0.1, 0.15) is 32.6 Å². The molecule has 118 valence electrons. The van der Waals surface area contributed by atoms with Gasteiger partial charge in [0.25, 0.3) is 0 Å². The lowest BCUT2D eigenvalue weighted by Gasteiger charge is -2.34. The van der Waals surface area contributed by atoms with Crippen LogP contribution in [-0.4, -0.2) is 42.2 Å². The summed E-state index contributed by atoms with van der Waals surface area (Å²) in [6.07, 6.45) is -1.83. The molecule has 0 aromatic heterocycles. The smallest absolute Gasteiger partial charge is 0.337 e. The van der Waals surface area contributed by atoms with E-state index in [2.05, 4.69) is 11.4 Å². The fourth-order valence-electron chi connectivity index (χ4n) is 2.88. The van der Waals surface area contributed by atoms with Gasteiger partial charge in [-0.05, 0) is 45.1 Å². The molecule has 0 bridgehead atoms. The maximum atomic E-state index is 12.7. The Bertz CT molecular complexity index is 442. The lowest BCUT2D eigenvalue weighted by atomic mass is 9.96. The van der Waals surface area contributed by atoms with Crippen LogP contribution in [0.4, 0.5) is 13.2 Å². The van der Waals surface area contributed by atoms with Crippen LogP contribution in [0, 0.1) is 23.2 Å². The molecule has 21 heavy (non-hydrogen) atoms. The summed E-state index contributed by atoms with van der Waals surface area (Å²) in [5.41, 5.74) is -0.893. The van der Waals surface area contributed by atoms with Gasteiger partial charge in [-0.3, -0.25) is 9.69 Å². The van der Waals surface area contributed by atoms with Gasteiger partial charge in [-0.2, -0.15) is 18.4 Å². The standard InChI is InChI=1S/C14H20F3N3O/c1-13(9-18,10-4-5-10)19-12(21)8-20-6-2-3-11(7-20)14(15,16)17/h10-11H,2-8H2,1H3,(H,19,21)/t11-,13+/m0/s1. The van der Waals surface area contributed by atoms with E-state index in [9.17, 15) is 23.2 Å². The monoisotopic (exact) mass is 303 g/mol. The Balaban J connectivity index is 1.86. The molecule has 2 rings (SSSR count). The van der Waals surface area contributed by atoms with Gasteiger partial charge in [0.15, 0.2) is 0 Å². The van der Waals surface area contributed by atoms with Crippen LogP contribution in [-0.2, 0) is 4.79 Å². The third kappa shape index (κ3) is 4.10. The summed E-state index contributed by atoms with van der Waals surface area (Å²) in [4.78, 5) is 13.5. The fourth-order valence-corrected chi connectivity index (χ4v) is 2.88. The number of carbonyl (C=O) groups is 1. The number of halogens is 3. The summed E-state index contributed by atoms with van der Waals surface area (Å²) in [5.74, 6) is -1.56. The summed E-state index contributed by atoms with van der Waals surface area (Å²) in [7, 11) is 0. The summed E-state index contributed by atoms with van der Waals surface area (Å²) in [6, 6.07) is 2.11. The van der Waals surface area contributed by atoms with Crippen molar-refractivity contribution < 1.29 is 18.0 Å². The van der Waals surface area contributed by atoms with Crippen molar-refractivity contribution in [1.82, 2.24) is 10.2 Å². The SMILES string of the molecule is C[C@](C#N)(NC(=O)CN1CCC[C@H](C(F)(F)F)C1)C1CC1. The Hall–Kier alpha value is -1.29. The molecule has 0 radical (unpaired) electrons. The first-order valence-corrected chi connectivity index (χ1v) is 7.26. The average molecular weight is 303 g/mol. The number of hydrogen-bond donors (Lipinski definition) is 1. The molecular formula is C14H20F3N3O. The minimum absolute atomic E-state index is 0.0728. The average Bonchev–Trinajstić information content (AvgIpc) is 3.22. The third-order valence-corrected chi connectivity index (χ3v) is 4.36. The quantitative estimate of drug-likeness (QED) is 0.865. The highest BCUT2D eigenvalue weighted by Gasteiger charge is 2.44. The summed E-state index contributed by atoms with van der Waals surface area (Å²) >= 11 is 0. The van der Waals surface area contributed by atoms with Crippen LogP contribution < -0.4 is 5.32 Å². The Labute approximate surface area is 122 Å². The number of carbonyl (C=O) groups excluding carboxylic acids is 1. The maximum Gasteiger partial charge on any atom is 0.393 e. The molecule has 1 aliphatic heterocycles. The van der Waals surface area contributed by atoms with Crippen molar-refractivity contribution in [3.05, 3.63) is 0 Å². The third-order valence-electron chi connectivity index (χ3n) is 4.36. The molecule has 1 saturated carbocycles. The van der Waals surface area contributed by atoms with Gasteiger partial charge in [0.1, 0.15) is 5.54 Å². The number of nitriles is 1. The van der Waals surface area contributed by atoms with E-state index in [1.54, 1.807) is 6.92 Å². The molecular weight excluding hydrogens is 283 g/mol. The number of amides is 1. The van der Waals surface area contributed by atoms with Crippen LogP contribution in [0.2, 0.25) is 0 Å². The van der Waals surface area contributed by atoms with Gasteiger partial charge < -0.3 is 5.32 Å². The Morgan fingerprint density at radius 2 is 2.00 bits per heavy atom. The number of rotatable bonds is 4. The van der Waals surface area contributed by atoms with Crippen molar-refractivity contribution in [1.29, 1.82) is 5.26 Å². The number of piperidine rings is 1. The van der Waals surface area contributed by atoms with E-state index in [1.165, 1.54) is 4.90 Å². The fraction of sp³-hybridized carbons (Fsp3) is 0.857. The number of hydrogen-bond acceptors (Lipinski definition) is 3. The number of alkyl halides is 3. The molecule has 1 aliphatic carbocycles. The Morgan fingerprint density at radius 3 is 2.52 bits per heavy atom.